The maximum absolute atomic E-state index is 4.91. The van der Waals surface area contributed by atoms with E-state index in [0.29, 0.717) is 17.5 Å². The molecule has 0 saturated heterocycles. The van der Waals surface area contributed by atoms with Crippen LogP contribution in [-0.4, -0.2) is 19.7 Å². The fourth-order valence-electron chi connectivity index (χ4n) is 1.38. The Kier molecular flexibility index (Phi) is 3.61. The molecule has 2 aromatic heterocycles. The zero-order chi connectivity index (χ0) is 11.4. The summed E-state index contributed by atoms with van der Waals surface area (Å²) in [6.45, 7) is 4.93. The lowest BCUT2D eigenvalue weighted by atomic mass is 10.5. The van der Waals surface area contributed by atoms with Crippen molar-refractivity contribution in [2.45, 2.75) is 37.7 Å². The van der Waals surface area contributed by atoms with Gasteiger partial charge in [0, 0.05) is 25.9 Å². The van der Waals surface area contributed by atoms with Crippen LogP contribution in [0.2, 0.25) is 0 Å². The predicted molar refractivity (Wildman–Crippen MR) is 61.1 cm³/mol. The van der Waals surface area contributed by atoms with Crippen LogP contribution in [0.25, 0.3) is 0 Å². The summed E-state index contributed by atoms with van der Waals surface area (Å²) < 4.78 is 7.05. The molecule has 0 radical (unpaired) electrons. The van der Waals surface area contributed by atoms with E-state index in [9.17, 15) is 0 Å². The number of nitrogens with zero attached hydrogens (tertiary/aromatic N) is 4. The van der Waals surface area contributed by atoms with Crippen molar-refractivity contribution in [1.82, 2.24) is 19.7 Å². The van der Waals surface area contributed by atoms with Crippen LogP contribution >= 0.6 is 11.8 Å². The third-order valence-electron chi connectivity index (χ3n) is 2.04. The van der Waals surface area contributed by atoms with Crippen molar-refractivity contribution in [3.8, 4) is 0 Å². The monoisotopic (exact) mass is 238 g/mol. The fraction of sp³-hybridized carbons (Fsp3) is 0.500. The van der Waals surface area contributed by atoms with Crippen LogP contribution in [-0.2, 0) is 12.3 Å². The van der Waals surface area contributed by atoms with Crippen molar-refractivity contribution in [2.24, 2.45) is 0 Å². The minimum atomic E-state index is 0.604. The minimum absolute atomic E-state index is 0.604. The van der Waals surface area contributed by atoms with E-state index in [-0.39, 0.29) is 0 Å². The number of hydrogen-bond donors (Lipinski definition) is 0. The highest BCUT2D eigenvalue weighted by Gasteiger charge is 2.06. The fourth-order valence-corrected chi connectivity index (χ4v) is 2.20. The first kappa shape index (κ1) is 11.2. The number of thioether (sulfide) groups is 1. The molecule has 0 aromatic carbocycles. The maximum Gasteiger partial charge on any atom is 0.223 e. The summed E-state index contributed by atoms with van der Waals surface area (Å²) >= 11 is 1.63. The summed E-state index contributed by atoms with van der Waals surface area (Å²) in [6.07, 6.45) is 4.91. The molecule has 2 aromatic rings. The molecule has 0 aliphatic rings. The average Bonchev–Trinajstić information content (AvgIpc) is 2.85. The second-order valence-corrected chi connectivity index (χ2v) is 4.36. The summed E-state index contributed by atoms with van der Waals surface area (Å²) in [5.41, 5.74) is 0. The van der Waals surface area contributed by atoms with Crippen LogP contribution in [0.1, 0.15) is 25.1 Å². The lowest BCUT2D eigenvalue weighted by Gasteiger charge is -2.03. The minimum Gasteiger partial charge on any atom is -0.340 e. The second kappa shape index (κ2) is 5.16. The molecule has 0 saturated carbocycles. The zero-order valence-corrected chi connectivity index (χ0v) is 10.2. The van der Waals surface area contributed by atoms with Gasteiger partial charge in [0.1, 0.15) is 0 Å². The van der Waals surface area contributed by atoms with E-state index in [1.54, 1.807) is 18.7 Å². The lowest BCUT2D eigenvalue weighted by molar-refractivity contribution is 0.389. The highest BCUT2D eigenvalue weighted by atomic mass is 32.2. The highest BCUT2D eigenvalue weighted by molar-refractivity contribution is 7.98. The lowest BCUT2D eigenvalue weighted by Crippen LogP contribution is -1.97. The molecule has 0 aliphatic carbocycles. The molecule has 0 aliphatic heterocycles. The Morgan fingerprint density at radius 3 is 3.06 bits per heavy atom. The SMILES string of the molecule is CCCn1ccnc1SCc1noc(C)n1. The van der Waals surface area contributed by atoms with Gasteiger partial charge in [-0.1, -0.05) is 23.8 Å². The molecule has 2 heterocycles. The predicted octanol–water partition coefficient (Wildman–Crippen LogP) is 2.28. The Bertz CT molecular complexity index is 451. The molecule has 0 fully saturated rings. The van der Waals surface area contributed by atoms with Gasteiger partial charge in [0.25, 0.3) is 0 Å². The van der Waals surface area contributed by atoms with Crippen molar-refractivity contribution in [3.05, 3.63) is 24.1 Å². The van der Waals surface area contributed by atoms with Crippen LogP contribution < -0.4 is 0 Å². The first-order chi connectivity index (χ1) is 7.79. The van der Waals surface area contributed by atoms with Crippen molar-refractivity contribution < 1.29 is 4.52 Å². The normalized spacial score (nSPS) is 10.9. The van der Waals surface area contributed by atoms with Crippen LogP contribution in [0.15, 0.2) is 22.1 Å². The van der Waals surface area contributed by atoms with Gasteiger partial charge in [-0.2, -0.15) is 4.98 Å². The Balaban J connectivity index is 1.96. The molecule has 0 amide bonds. The Hall–Kier alpha value is -1.30. The molecule has 0 unspecified atom stereocenters. The van der Waals surface area contributed by atoms with Gasteiger partial charge in [0.2, 0.25) is 5.89 Å². The van der Waals surface area contributed by atoms with Crippen molar-refractivity contribution in [2.75, 3.05) is 0 Å². The molecule has 16 heavy (non-hydrogen) atoms. The van der Waals surface area contributed by atoms with E-state index in [1.165, 1.54) is 0 Å². The second-order valence-electron chi connectivity index (χ2n) is 3.42. The summed E-state index contributed by atoms with van der Waals surface area (Å²) in [4.78, 5) is 8.45. The van der Waals surface area contributed by atoms with Gasteiger partial charge < -0.3 is 9.09 Å². The molecule has 0 spiro atoms. The third-order valence-corrected chi connectivity index (χ3v) is 3.04. The van der Waals surface area contributed by atoms with Crippen LogP contribution in [0, 0.1) is 6.92 Å². The molecule has 0 atom stereocenters. The molecule has 6 heteroatoms. The van der Waals surface area contributed by atoms with E-state index in [4.69, 9.17) is 4.52 Å². The van der Waals surface area contributed by atoms with E-state index < -0.39 is 0 Å². The summed E-state index contributed by atoms with van der Waals surface area (Å²) in [5, 5.41) is 4.85. The number of aryl methyl sites for hydroxylation is 2. The molecular weight excluding hydrogens is 224 g/mol. The number of imidazole rings is 1. The van der Waals surface area contributed by atoms with E-state index in [1.807, 2.05) is 12.4 Å². The molecule has 86 valence electrons. The zero-order valence-electron chi connectivity index (χ0n) is 9.38. The summed E-state index contributed by atoms with van der Waals surface area (Å²) in [6, 6.07) is 0. The average molecular weight is 238 g/mol. The Morgan fingerprint density at radius 2 is 2.38 bits per heavy atom. The quantitative estimate of drug-likeness (QED) is 0.748. The Morgan fingerprint density at radius 1 is 1.50 bits per heavy atom. The Labute approximate surface area is 98.3 Å². The van der Waals surface area contributed by atoms with Crippen molar-refractivity contribution in [1.29, 1.82) is 0 Å². The van der Waals surface area contributed by atoms with Crippen molar-refractivity contribution >= 4 is 11.8 Å². The van der Waals surface area contributed by atoms with Gasteiger partial charge in [-0.05, 0) is 6.42 Å². The third kappa shape index (κ3) is 2.63. The van der Waals surface area contributed by atoms with Gasteiger partial charge >= 0.3 is 0 Å². The largest absolute Gasteiger partial charge is 0.340 e. The van der Waals surface area contributed by atoms with Gasteiger partial charge in [0.05, 0.1) is 5.75 Å². The topological polar surface area (TPSA) is 56.7 Å². The summed E-state index contributed by atoms with van der Waals surface area (Å²) in [7, 11) is 0. The smallest absolute Gasteiger partial charge is 0.223 e. The molecule has 0 bridgehead atoms. The van der Waals surface area contributed by atoms with Gasteiger partial charge in [-0.15, -0.1) is 0 Å². The number of hydrogen-bond acceptors (Lipinski definition) is 5. The van der Waals surface area contributed by atoms with Crippen LogP contribution in [0.4, 0.5) is 0 Å². The molecular formula is C10H14N4OS. The number of aromatic nitrogens is 4. The van der Waals surface area contributed by atoms with Crippen LogP contribution in [0.5, 0.6) is 0 Å². The number of rotatable bonds is 5. The van der Waals surface area contributed by atoms with E-state index >= 15 is 0 Å². The van der Waals surface area contributed by atoms with E-state index in [2.05, 4.69) is 26.6 Å². The first-order valence-corrected chi connectivity index (χ1v) is 6.21. The van der Waals surface area contributed by atoms with Gasteiger partial charge in [0.15, 0.2) is 11.0 Å². The standard InChI is InChI=1S/C10H14N4OS/c1-3-5-14-6-4-11-10(14)16-7-9-12-8(2)15-13-9/h4,6H,3,5,7H2,1-2H3. The van der Waals surface area contributed by atoms with E-state index in [0.717, 1.165) is 18.1 Å². The first-order valence-electron chi connectivity index (χ1n) is 5.22. The summed E-state index contributed by atoms with van der Waals surface area (Å²) in [5.74, 6) is 2.01. The molecule has 5 nitrogen and oxygen atoms in total. The maximum atomic E-state index is 4.91. The van der Waals surface area contributed by atoms with Crippen molar-refractivity contribution in [3.63, 3.8) is 0 Å². The molecule has 0 N–H and O–H groups in total. The van der Waals surface area contributed by atoms with Crippen LogP contribution in [0.3, 0.4) is 0 Å². The molecule has 2 rings (SSSR count). The van der Waals surface area contributed by atoms with Gasteiger partial charge in [-0.25, -0.2) is 4.98 Å². The van der Waals surface area contributed by atoms with Gasteiger partial charge in [-0.3, -0.25) is 0 Å². The highest BCUT2D eigenvalue weighted by Crippen LogP contribution is 2.19.